The normalized spacial score (nSPS) is 13.4. The van der Waals surface area contributed by atoms with Gasteiger partial charge in [-0.15, -0.1) is 0 Å². The maximum atomic E-state index is 9.40. The molecule has 62 valence electrons. The summed E-state index contributed by atoms with van der Waals surface area (Å²) in [6.45, 7) is 0.539. The highest BCUT2D eigenvalue weighted by Crippen LogP contribution is 2.06. The minimum atomic E-state index is -0.499. The van der Waals surface area contributed by atoms with Crippen LogP contribution >= 0.6 is 0 Å². The number of nitrogens with zero attached hydrogens (tertiary/aromatic N) is 2. The topological polar surface area (TPSA) is 50.1 Å². The summed E-state index contributed by atoms with van der Waals surface area (Å²) in [5.41, 5.74) is 0.710. The van der Waals surface area contributed by atoms with Crippen molar-refractivity contribution in [2.24, 2.45) is 7.05 Å². The van der Waals surface area contributed by atoms with Crippen LogP contribution < -0.4 is 5.32 Å². The van der Waals surface area contributed by atoms with Gasteiger partial charge in [0, 0.05) is 19.8 Å². The van der Waals surface area contributed by atoms with Crippen molar-refractivity contribution < 1.29 is 5.11 Å². The van der Waals surface area contributed by atoms with E-state index in [-0.39, 0.29) is 0 Å². The predicted octanol–water partition coefficient (Wildman–Crippen LogP) is -0.327. The SMILES string of the molecule is CNCC(O)c1ccn(C)n1. The molecule has 0 saturated heterocycles. The van der Waals surface area contributed by atoms with Crippen LogP contribution in [0.1, 0.15) is 11.8 Å². The van der Waals surface area contributed by atoms with E-state index < -0.39 is 6.10 Å². The molecule has 4 nitrogen and oxygen atoms in total. The van der Waals surface area contributed by atoms with Gasteiger partial charge in [-0.05, 0) is 13.1 Å². The number of aryl methyl sites for hydroxylation is 1. The molecule has 0 bridgehead atoms. The van der Waals surface area contributed by atoms with Gasteiger partial charge in [0.2, 0.25) is 0 Å². The molecule has 2 N–H and O–H groups in total. The second kappa shape index (κ2) is 3.50. The fourth-order valence-corrected chi connectivity index (χ4v) is 0.909. The zero-order valence-corrected chi connectivity index (χ0v) is 6.78. The molecule has 11 heavy (non-hydrogen) atoms. The van der Waals surface area contributed by atoms with Crippen molar-refractivity contribution in [1.29, 1.82) is 0 Å². The van der Waals surface area contributed by atoms with Gasteiger partial charge >= 0.3 is 0 Å². The standard InChI is InChI=1S/C7H13N3O/c1-8-5-7(11)6-3-4-10(2)9-6/h3-4,7-8,11H,5H2,1-2H3. The van der Waals surface area contributed by atoms with E-state index in [1.54, 1.807) is 11.7 Å². The van der Waals surface area contributed by atoms with Crippen molar-refractivity contribution in [3.05, 3.63) is 18.0 Å². The summed E-state index contributed by atoms with van der Waals surface area (Å²) < 4.78 is 1.67. The molecule has 4 heteroatoms. The zero-order valence-electron chi connectivity index (χ0n) is 6.78. The van der Waals surface area contributed by atoms with Crippen LogP contribution in [0.25, 0.3) is 0 Å². The van der Waals surface area contributed by atoms with Crippen LogP contribution in [0.5, 0.6) is 0 Å². The van der Waals surface area contributed by atoms with Crippen molar-refractivity contribution in [3.63, 3.8) is 0 Å². The number of aliphatic hydroxyl groups is 1. The maximum Gasteiger partial charge on any atom is 0.110 e. The van der Waals surface area contributed by atoms with Crippen LogP contribution in [0.4, 0.5) is 0 Å². The average molecular weight is 155 g/mol. The number of likely N-dealkylation sites (N-methyl/N-ethyl adjacent to an activating group) is 1. The molecule has 0 aliphatic rings. The molecule has 0 spiro atoms. The Morgan fingerprint density at radius 1 is 1.82 bits per heavy atom. The minimum Gasteiger partial charge on any atom is -0.385 e. The molecule has 1 unspecified atom stereocenters. The van der Waals surface area contributed by atoms with Crippen LogP contribution in [0.15, 0.2) is 12.3 Å². The molecule has 0 saturated carbocycles. The molecule has 1 aromatic heterocycles. The molecule has 0 radical (unpaired) electrons. The lowest BCUT2D eigenvalue weighted by Gasteiger charge is -2.04. The first-order valence-corrected chi connectivity index (χ1v) is 3.56. The number of aliphatic hydroxyl groups excluding tert-OH is 1. The van der Waals surface area contributed by atoms with Crippen LogP contribution in [-0.4, -0.2) is 28.5 Å². The van der Waals surface area contributed by atoms with Gasteiger partial charge in [0.05, 0.1) is 5.69 Å². The smallest absolute Gasteiger partial charge is 0.110 e. The summed E-state index contributed by atoms with van der Waals surface area (Å²) in [6, 6.07) is 1.81. The molecule has 0 amide bonds. The number of hydrogen-bond donors (Lipinski definition) is 2. The fraction of sp³-hybridized carbons (Fsp3) is 0.571. The summed E-state index contributed by atoms with van der Waals surface area (Å²) in [5, 5.41) is 16.3. The van der Waals surface area contributed by atoms with Crippen molar-refractivity contribution in [2.75, 3.05) is 13.6 Å². The van der Waals surface area contributed by atoms with Gasteiger partial charge in [0.1, 0.15) is 6.10 Å². The zero-order chi connectivity index (χ0) is 8.27. The third-order valence-electron chi connectivity index (χ3n) is 1.47. The summed E-state index contributed by atoms with van der Waals surface area (Å²) in [5.74, 6) is 0. The lowest BCUT2D eigenvalue weighted by Crippen LogP contribution is -2.17. The average Bonchev–Trinajstić information content (AvgIpc) is 2.36. The highest BCUT2D eigenvalue weighted by atomic mass is 16.3. The third-order valence-corrected chi connectivity index (χ3v) is 1.47. The Bertz CT molecular complexity index is 221. The van der Waals surface area contributed by atoms with E-state index >= 15 is 0 Å². The van der Waals surface area contributed by atoms with Crippen molar-refractivity contribution in [2.45, 2.75) is 6.10 Å². The Morgan fingerprint density at radius 3 is 3.00 bits per heavy atom. The van der Waals surface area contributed by atoms with E-state index in [2.05, 4.69) is 10.4 Å². The molecule has 0 aliphatic heterocycles. The Hall–Kier alpha value is -0.870. The summed E-state index contributed by atoms with van der Waals surface area (Å²) in [6.07, 6.45) is 1.31. The summed E-state index contributed by atoms with van der Waals surface area (Å²) in [7, 11) is 3.63. The minimum absolute atomic E-state index is 0.499. The van der Waals surface area contributed by atoms with E-state index in [4.69, 9.17) is 0 Å². The molecule has 0 aliphatic carbocycles. The number of aromatic nitrogens is 2. The van der Waals surface area contributed by atoms with Gasteiger partial charge < -0.3 is 10.4 Å². The number of nitrogens with one attached hydrogen (secondary N) is 1. The van der Waals surface area contributed by atoms with Crippen molar-refractivity contribution >= 4 is 0 Å². The first kappa shape index (κ1) is 8.23. The van der Waals surface area contributed by atoms with E-state index in [9.17, 15) is 5.11 Å². The Labute approximate surface area is 65.8 Å². The molecular formula is C7H13N3O. The molecule has 0 aromatic carbocycles. The Balaban J connectivity index is 2.60. The molecule has 0 fully saturated rings. The molecule has 1 rings (SSSR count). The first-order chi connectivity index (χ1) is 5.24. The Morgan fingerprint density at radius 2 is 2.55 bits per heavy atom. The highest BCUT2D eigenvalue weighted by molar-refractivity contribution is 5.02. The maximum absolute atomic E-state index is 9.40. The molecular weight excluding hydrogens is 142 g/mol. The number of rotatable bonds is 3. The van der Waals surface area contributed by atoms with Gasteiger partial charge in [-0.3, -0.25) is 4.68 Å². The second-order valence-electron chi connectivity index (χ2n) is 2.49. The van der Waals surface area contributed by atoms with E-state index in [0.29, 0.717) is 12.2 Å². The molecule has 1 aromatic rings. The quantitative estimate of drug-likeness (QED) is 0.628. The summed E-state index contributed by atoms with van der Waals surface area (Å²) in [4.78, 5) is 0. The van der Waals surface area contributed by atoms with Crippen LogP contribution in [0.2, 0.25) is 0 Å². The largest absolute Gasteiger partial charge is 0.385 e. The number of hydrogen-bond acceptors (Lipinski definition) is 3. The third kappa shape index (κ3) is 2.03. The highest BCUT2D eigenvalue weighted by Gasteiger charge is 2.07. The van der Waals surface area contributed by atoms with Gasteiger partial charge in [-0.2, -0.15) is 5.10 Å². The van der Waals surface area contributed by atoms with Gasteiger partial charge in [0.15, 0.2) is 0 Å². The first-order valence-electron chi connectivity index (χ1n) is 3.56. The van der Waals surface area contributed by atoms with Gasteiger partial charge in [-0.25, -0.2) is 0 Å². The lowest BCUT2D eigenvalue weighted by molar-refractivity contribution is 0.172. The fourth-order valence-electron chi connectivity index (χ4n) is 0.909. The predicted molar refractivity (Wildman–Crippen MR) is 42.1 cm³/mol. The van der Waals surface area contributed by atoms with Crippen LogP contribution in [-0.2, 0) is 7.05 Å². The van der Waals surface area contributed by atoms with E-state index in [1.807, 2.05) is 19.3 Å². The summed E-state index contributed by atoms with van der Waals surface area (Å²) >= 11 is 0. The van der Waals surface area contributed by atoms with Crippen LogP contribution in [0, 0.1) is 0 Å². The van der Waals surface area contributed by atoms with Gasteiger partial charge in [-0.1, -0.05) is 0 Å². The lowest BCUT2D eigenvalue weighted by atomic mass is 10.2. The molecule has 1 heterocycles. The van der Waals surface area contributed by atoms with E-state index in [1.165, 1.54) is 0 Å². The van der Waals surface area contributed by atoms with Crippen LogP contribution in [0.3, 0.4) is 0 Å². The van der Waals surface area contributed by atoms with Crippen molar-refractivity contribution in [1.82, 2.24) is 15.1 Å². The van der Waals surface area contributed by atoms with Gasteiger partial charge in [0.25, 0.3) is 0 Å². The Kier molecular flexibility index (Phi) is 2.62. The van der Waals surface area contributed by atoms with E-state index in [0.717, 1.165) is 0 Å². The molecule has 1 atom stereocenters. The monoisotopic (exact) mass is 155 g/mol. The second-order valence-corrected chi connectivity index (χ2v) is 2.49. The van der Waals surface area contributed by atoms with Crippen molar-refractivity contribution in [3.8, 4) is 0 Å².